The van der Waals surface area contributed by atoms with Crippen LogP contribution in [0.25, 0.3) is 5.65 Å². The number of sulfonamides is 1. The lowest BCUT2D eigenvalue weighted by molar-refractivity contribution is -0.115. The number of nitrogens with zero attached hydrogens (tertiary/aromatic N) is 3. The Morgan fingerprint density at radius 1 is 1.07 bits per heavy atom. The van der Waals surface area contributed by atoms with Crippen molar-refractivity contribution in [2.75, 3.05) is 18.4 Å². The molecule has 0 radical (unpaired) electrons. The molecule has 0 aliphatic carbocycles. The van der Waals surface area contributed by atoms with Crippen LogP contribution in [0.4, 0.5) is 5.69 Å². The van der Waals surface area contributed by atoms with Crippen LogP contribution in [0.5, 0.6) is 0 Å². The van der Waals surface area contributed by atoms with Crippen LogP contribution in [0.3, 0.4) is 0 Å². The summed E-state index contributed by atoms with van der Waals surface area (Å²) < 4.78 is 29.2. The van der Waals surface area contributed by atoms with Gasteiger partial charge in [-0.3, -0.25) is 4.79 Å². The van der Waals surface area contributed by atoms with Gasteiger partial charge in [0.15, 0.2) is 0 Å². The van der Waals surface area contributed by atoms with Gasteiger partial charge in [0.25, 0.3) is 0 Å². The predicted molar refractivity (Wildman–Crippen MR) is 116 cm³/mol. The van der Waals surface area contributed by atoms with E-state index < -0.39 is 10.0 Å². The molecule has 30 heavy (non-hydrogen) atoms. The van der Waals surface area contributed by atoms with E-state index in [1.165, 1.54) is 0 Å². The molecule has 0 spiro atoms. The summed E-state index contributed by atoms with van der Waals surface area (Å²) in [5, 5.41) is 2.82. The van der Waals surface area contributed by atoms with Gasteiger partial charge < -0.3 is 9.72 Å². The smallest absolute Gasteiger partial charge is 0.243 e. The summed E-state index contributed by atoms with van der Waals surface area (Å²) in [6.45, 7) is 3.12. The van der Waals surface area contributed by atoms with Gasteiger partial charge in [-0.25, -0.2) is 13.4 Å². The Morgan fingerprint density at radius 2 is 1.77 bits per heavy atom. The number of benzene rings is 1. The largest absolute Gasteiger partial charge is 0.326 e. The van der Waals surface area contributed by atoms with E-state index in [-0.39, 0.29) is 17.2 Å². The molecule has 0 saturated carbocycles. The molecule has 1 aliphatic heterocycles. The number of nitrogens with one attached hydrogen (secondary N) is 1. The molecule has 0 bridgehead atoms. The first-order valence-corrected chi connectivity index (χ1v) is 11.7. The minimum Gasteiger partial charge on any atom is -0.326 e. The lowest BCUT2D eigenvalue weighted by atomic mass is 10.2. The topological polar surface area (TPSA) is 83.8 Å². The third-order valence-corrected chi connectivity index (χ3v) is 7.32. The minimum absolute atomic E-state index is 0.148. The summed E-state index contributed by atoms with van der Waals surface area (Å²) in [4.78, 5) is 17.2. The molecular formula is C22H26N4O3S. The monoisotopic (exact) mass is 426 g/mol. The normalized spacial score (nSPS) is 15.8. The fourth-order valence-corrected chi connectivity index (χ4v) is 5.32. The van der Waals surface area contributed by atoms with Gasteiger partial charge in [0.1, 0.15) is 5.65 Å². The second-order valence-corrected chi connectivity index (χ2v) is 9.66. The summed E-state index contributed by atoms with van der Waals surface area (Å²) in [7, 11) is -3.49. The van der Waals surface area contributed by atoms with E-state index in [9.17, 15) is 13.2 Å². The van der Waals surface area contributed by atoms with Gasteiger partial charge in [-0.1, -0.05) is 18.9 Å². The number of fused-ring (bicyclic) bond motifs is 1. The highest BCUT2D eigenvalue weighted by atomic mass is 32.2. The molecule has 1 fully saturated rings. The van der Waals surface area contributed by atoms with E-state index >= 15 is 0 Å². The number of aryl methyl sites for hydroxylation is 1. The summed E-state index contributed by atoms with van der Waals surface area (Å²) in [6.07, 6.45) is 7.84. The van der Waals surface area contributed by atoms with Gasteiger partial charge >= 0.3 is 0 Å². The highest BCUT2D eigenvalue weighted by molar-refractivity contribution is 7.89. The molecule has 2 aromatic heterocycles. The highest BCUT2D eigenvalue weighted by Crippen LogP contribution is 2.22. The van der Waals surface area contributed by atoms with E-state index in [2.05, 4.69) is 10.3 Å². The molecule has 1 amide bonds. The molecule has 1 N–H and O–H groups in total. The molecular weight excluding hydrogens is 400 g/mol. The van der Waals surface area contributed by atoms with Crippen molar-refractivity contribution in [2.45, 2.75) is 43.9 Å². The van der Waals surface area contributed by atoms with Crippen molar-refractivity contribution < 1.29 is 13.2 Å². The van der Waals surface area contributed by atoms with Gasteiger partial charge in [-0.2, -0.15) is 4.31 Å². The molecule has 8 heteroatoms. The third-order valence-electron chi connectivity index (χ3n) is 5.41. The van der Waals surface area contributed by atoms with Gasteiger partial charge in [0.2, 0.25) is 15.9 Å². The summed E-state index contributed by atoms with van der Waals surface area (Å²) in [6, 6.07) is 10.3. The van der Waals surface area contributed by atoms with Crippen LogP contribution in [-0.4, -0.2) is 41.1 Å². The molecule has 1 aromatic carbocycles. The Morgan fingerprint density at radius 3 is 2.43 bits per heavy atom. The summed E-state index contributed by atoms with van der Waals surface area (Å²) in [5.74, 6) is -0.195. The zero-order valence-electron chi connectivity index (χ0n) is 17.0. The molecule has 1 saturated heterocycles. The van der Waals surface area contributed by atoms with Crippen molar-refractivity contribution in [2.24, 2.45) is 0 Å². The van der Waals surface area contributed by atoms with E-state index in [4.69, 9.17) is 0 Å². The third kappa shape index (κ3) is 4.39. The molecule has 4 rings (SSSR count). The standard InChI is InChI=1S/C22H26N4O3S/c1-17-7-6-12-25-16-19(24-22(17)25)15-21(27)23-18-8-10-20(11-9-18)30(28,29)26-13-4-2-3-5-14-26/h6-12,16H,2-5,13-15H2,1H3,(H,23,27). The van der Waals surface area contributed by atoms with Crippen LogP contribution >= 0.6 is 0 Å². The number of carbonyl (C=O) groups excluding carboxylic acids is 1. The van der Waals surface area contributed by atoms with Gasteiger partial charge in [-0.15, -0.1) is 0 Å². The maximum atomic E-state index is 12.9. The number of amides is 1. The maximum absolute atomic E-state index is 12.9. The predicted octanol–water partition coefficient (Wildman–Crippen LogP) is 3.39. The second kappa shape index (κ2) is 8.57. The van der Waals surface area contributed by atoms with Crippen LogP contribution in [-0.2, 0) is 21.2 Å². The number of anilines is 1. The number of carbonyl (C=O) groups is 1. The zero-order valence-corrected chi connectivity index (χ0v) is 17.9. The SMILES string of the molecule is Cc1cccn2cc(CC(=O)Nc3ccc(S(=O)(=O)N4CCCCCC4)cc3)nc12. The second-order valence-electron chi connectivity index (χ2n) is 7.72. The zero-order chi connectivity index (χ0) is 21.1. The molecule has 3 heterocycles. The Kier molecular flexibility index (Phi) is 5.87. The average Bonchev–Trinajstić information content (AvgIpc) is 2.94. The van der Waals surface area contributed by atoms with Crippen molar-refractivity contribution in [3.8, 4) is 0 Å². The number of aromatic nitrogens is 2. The Balaban J connectivity index is 1.42. The van der Waals surface area contributed by atoms with Crippen molar-refractivity contribution in [1.82, 2.24) is 13.7 Å². The summed E-state index contributed by atoms with van der Waals surface area (Å²) in [5.41, 5.74) is 3.13. The average molecular weight is 427 g/mol. The van der Waals surface area contributed by atoms with Crippen LogP contribution < -0.4 is 5.32 Å². The number of rotatable bonds is 5. The van der Waals surface area contributed by atoms with Crippen LogP contribution in [0.2, 0.25) is 0 Å². The molecule has 0 unspecified atom stereocenters. The molecule has 7 nitrogen and oxygen atoms in total. The lowest BCUT2D eigenvalue weighted by Gasteiger charge is -2.20. The van der Waals surface area contributed by atoms with Crippen molar-refractivity contribution >= 4 is 27.3 Å². The minimum atomic E-state index is -3.49. The van der Waals surface area contributed by atoms with E-state index in [0.29, 0.717) is 24.5 Å². The number of imidazole rings is 1. The number of pyridine rings is 1. The lowest BCUT2D eigenvalue weighted by Crippen LogP contribution is -2.31. The molecule has 0 atom stereocenters. The van der Waals surface area contributed by atoms with Gasteiger partial charge in [-0.05, 0) is 55.7 Å². The Hall–Kier alpha value is -2.71. The first-order valence-electron chi connectivity index (χ1n) is 10.3. The molecule has 158 valence electrons. The maximum Gasteiger partial charge on any atom is 0.243 e. The Labute approximate surface area is 176 Å². The fraction of sp³-hybridized carbons (Fsp3) is 0.364. The van der Waals surface area contributed by atoms with Gasteiger partial charge in [0, 0.05) is 31.2 Å². The number of hydrogen-bond acceptors (Lipinski definition) is 4. The first-order chi connectivity index (χ1) is 14.4. The first kappa shape index (κ1) is 20.6. The van der Waals surface area contributed by atoms with Crippen LogP contribution in [0.1, 0.15) is 36.9 Å². The molecule has 3 aromatic rings. The van der Waals surface area contributed by atoms with E-state index in [1.807, 2.05) is 35.9 Å². The van der Waals surface area contributed by atoms with Crippen molar-refractivity contribution in [3.63, 3.8) is 0 Å². The highest BCUT2D eigenvalue weighted by Gasteiger charge is 2.25. The van der Waals surface area contributed by atoms with Crippen LogP contribution in [0.15, 0.2) is 53.7 Å². The van der Waals surface area contributed by atoms with Crippen LogP contribution in [0, 0.1) is 6.92 Å². The van der Waals surface area contributed by atoms with E-state index in [0.717, 1.165) is 36.9 Å². The summed E-state index contributed by atoms with van der Waals surface area (Å²) >= 11 is 0. The van der Waals surface area contributed by atoms with Gasteiger partial charge in [0.05, 0.1) is 17.0 Å². The quantitative estimate of drug-likeness (QED) is 0.678. The fourth-order valence-electron chi connectivity index (χ4n) is 3.80. The van der Waals surface area contributed by atoms with Crippen molar-refractivity contribution in [3.05, 3.63) is 60.0 Å². The molecule has 1 aliphatic rings. The van der Waals surface area contributed by atoms with Crippen molar-refractivity contribution in [1.29, 1.82) is 0 Å². The Bertz CT molecular complexity index is 1140. The van der Waals surface area contributed by atoms with E-state index in [1.54, 1.807) is 28.6 Å². The number of hydrogen-bond donors (Lipinski definition) is 1.